The highest BCUT2D eigenvalue weighted by atomic mass is 16.2. The lowest BCUT2D eigenvalue weighted by molar-refractivity contribution is -0.723. The largest absolute Gasteiger partial charge is 0.364 e. The summed E-state index contributed by atoms with van der Waals surface area (Å²) in [4.78, 5) is 58.2. The van der Waals surface area contributed by atoms with Gasteiger partial charge in [0.25, 0.3) is 17.5 Å². The Labute approximate surface area is 319 Å². The molecule has 274 valence electrons. The number of likely N-dealkylation sites (tertiary alicyclic amines) is 2. The van der Waals surface area contributed by atoms with Crippen molar-refractivity contribution in [2.24, 2.45) is 23.3 Å². The van der Waals surface area contributed by atoms with Gasteiger partial charge >= 0.3 is 0 Å². The summed E-state index contributed by atoms with van der Waals surface area (Å²) in [7, 11) is 3.42. The second-order valence-electron chi connectivity index (χ2n) is 13.6. The minimum absolute atomic E-state index is 0.00791. The van der Waals surface area contributed by atoms with Crippen molar-refractivity contribution >= 4 is 45.4 Å². The van der Waals surface area contributed by atoms with E-state index in [2.05, 4.69) is 44.9 Å². The normalized spacial score (nSPS) is 17.8. The summed E-state index contributed by atoms with van der Waals surface area (Å²) in [6, 6.07) is 19.3. The van der Waals surface area contributed by atoms with Crippen LogP contribution in [0, 0.1) is 46.8 Å². The smallest absolute Gasteiger partial charge is 0.285 e. The third-order valence-electron chi connectivity index (χ3n) is 10.1. The van der Waals surface area contributed by atoms with Gasteiger partial charge in [0.2, 0.25) is 11.8 Å². The zero-order valence-electron chi connectivity index (χ0n) is 30.2. The third-order valence-corrected chi connectivity index (χ3v) is 10.1. The van der Waals surface area contributed by atoms with E-state index in [0.29, 0.717) is 57.3 Å². The molecule has 4 amide bonds. The zero-order valence-corrected chi connectivity index (χ0v) is 30.2. The first kappa shape index (κ1) is 35.2. The number of likely N-dealkylation sites (N-methyl/N-ethyl adjacent to an activating group) is 1. The molecule has 56 heavy (non-hydrogen) atoms. The van der Waals surface area contributed by atoms with E-state index in [-0.39, 0.29) is 41.4 Å². The second-order valence-corrected chi connectivity index (χ2v) is 13.6. The summed E-state index contributed by atoms with van der Waals surface area (Å²) in [6.45, 7) is 0.901. The first-order valence-corrected chi connectivity index (χ1v) is 17.6. The molecule has 3 atom stereocenters. The fourth-order valence-electron chi connectivity index (χ4n) is 7.21. The lowest BCUT2D eigenvalue weighted by atomic mass is 10.0. The van der Waals surface area contributed by atoms with Gasteiger partial charge < -0.3 is 21.3 Å². The Morgan fingerprint density at radius 1 is 0.821 bits per heavy atom. The quantitative estimate of drug-likeness (QED) is 0.196. The van der Waals surface area contributed by atoms with Gasteiger partial charge in [0.1, 0.15) is 5.92 Å². The number of hydrogen-bond acceptors (Lipinski definition) is 8. The number of primary amides is 2. The molecule has 6 aromatic rings. The van der Waals surface area contributed by atoms with Crippen molar-refractivity contribution in [3.05, 3.63) is 107 Å². The molecule has 0 bridgehead atoms. The van der Waals surface area contributed by atoms with Gasteiger partial charge in [-0.2, -0.15) is 20.0 Å². The number of hydrogen-bond donors (Lipinski definition) is 2. The molecule has 4 aromatic heterocycles. The van der Waals surface area contributed by atoms with Crippen LogP contribution in [-0.2, 0) is 9.59 Å². The first-order valence-electron chi connectivity index (χ1n) is 17.6. The third kappa shape index (κ3) is 6.11. The van der Waals surface area contributed by atoms with E-state index >= 15 is 0 Å². The van der Waals surface area contributed by atoms with Gasteiger partial charge in [-0.15, -0.1) is 0 Å². The molecule has 3 unspecified atom stereocenters. The second kappa shape index (κ2) is 13.9. The fourth-order valence-corrected chi connectivity index (χ4v) is 7.21. The Kier molecular flexibility index (Phi) is 8.72. The van der Waals surface area contributed by atoms with Crippen LogP contribution in [0.4, 0.5) is 0 Å². The SMILES string of the molecule is CN1CCC(C#Cc2cccc(-n3nc(C(N)=O)c4c[n+](C5CN(C)C(=O)C5C#Cc5cccc(-n6nc(C(N)=O)c7cnccc76)c5)c(C#N)cc43)c2)C1=O. The molecule has 0 saturated carbocycles. The minimum Gasteiger partial charge on any atom is -0.364 e. The van der Waals surface area contributed by atoms with E-state index < -0.39 is 23.8 Å². The molecule has 0 spiro atoms. The molecule has 0 aliphatic carbocycles. The summed E-state index contributed by atoms with van der Waals surface area (Å²) in [5.41, 5.74) is 15.2. The molecule has 8 rings (SSSR count). The molecule has 2 saturated heterocycles. The van der Waals surface area contributed by atoms with Crippen LogP contribution >= 0.6 is 0 Å². The maximum Gasteiger partial charge on any atom is 0.285 e. The molecular weight excluding hydrogens is 711 g/mol. The predicted octanol–water partition coefficient (Wildman–Crippen LogP) is 1.63. The highest BCUT2D eigenvalue weighted by Crippen LogP contribution is 2.28. The Bertz CT molecular complexity index is 2840. The first-order chi connectivity index (χ1) is 27.0. The summed E-state index contributed by atoms with van der Waals surface area (Å²) in [5, 5.41) is 20.3. The Hall–Kier alpha value is -7.83. The van der Waals surface area contributed by atoms with Crippen molar-refractivity contribution in [1.82, 2.24) is 34.3 Å². The van der Waals surface area contributed by atoms with E-state index in [9.17, 15) is 24.4 Å². The number of nitrogens with zero attached hydrogens (tertiary/aromatic N) is 9. The Balaban J connectivity index is 1.16. The number of nitrogens with two attached hydrogens (primary N) is 2. The van der Waals surface area contributed by atoms with Gasteiger partial charge in [0, 0.05) is 50.2 Å². The van der Waals surface area contributed by atoms with Crippen molar-refractivity contribution in [3.63, 3.8) is 0 Å². The number of amides is 4. The summed E-state index contributed by atoms with van der Waals surface area (Å²) < 4.78 is 4.77. The van der Waals surface area contributed by atoms with E-state index in [1.54, 1.807) is 94.1 Å². The fraction of sp³-hybridized carbons (Fsp3) is 0.195. The monoisotopic (exact) mass is 742 g/mol. The van der Waals surface area contributed by atoms with Crippen LogP contribution in [-0.4, -0.2) is 85.2 Å². The lowest BCUT2D eigenvalue weighted by Crippen LogP contribution is -2.46. The number of benzene rings is 2. The molecule has 0 radical (unpaired) electrons. The summed E-state index contributed by atoms with van der Waals surface area (Å²) in [6.07, 6.45) is 5.41. The average Bonchev–Trinajstić information content (AvgIpc) is 3.95. The topological polar surface area (TPSA) is 203 Å². The van der Waals surface area contributed by atoms with Gasteiger partial charge in [0.15, 0.2) is 35.6 Å². The number of aromatic nitrogens is 6. The number of rotatable bonds is 5. The number of pyridine rings is 2. The van der Waals surface area contributed by atoms with Gasteiger partial charge in [-0.25, -0.2) is 9.36 Å². The summed E-state index contributed by atoms with van der Waals surface area (Å²) >= 11 is 0. The van der Waals surface area contributed by atoms with Crippen molar-refractivity contribution in [2.75, 3.05) is 27.2 Å². The standard InChI is InChI=1S/C41H31N11O4/c1-48-16-14-26(40(48)55)11-9-24-5-3-8-28(17-24)52-34-19-29(20-42)50(22-32(34)37(47-52)39(44)54)35-23-49(2)41(56)30(35)12-10-25-6-4-7-27(18-25)51-33-13-15-45-21-31(33)36(46-51)38(43)53/h3-8,13,15,17-19,21-22,26,30,35H,14,16,23H2,1-2H3,(H3-,43,44,53,54)/p+1. The predicted molar refractivity (Wildman–Crippen MR) is 202 cm³/mol. The molecule has 15 heteroatoms. The maximum atomic E-state index is 13.6. The zero-order chi connectivity index (χ0) is 39.2. The van der Waals surface area contributed by atoms with Crippen LogP contribution in [0.5, 0.6) is 0 Å². The number of carbonyl (C=O) groups excluding carboxylic acids is 4. The Morgan fingerprint density at radius 2 is 1.46 bits per heavy atom. The number of fused-ring (bicyclic) bond motifs is 2. The van der Waals surface area contributed by atoms with Crippen LogP contribution in [0.1, 0.15) is 50.3 Å². The minimum atomic E-state index is -0.856. The van der Waals surface area contributed by atoms with Crippen LogP contribution in [0.2, 0.25) is 0 Å². The van der Waals surface area contributed by atoms with E-state index in [0.717, 1.165) is 0 Å². The van der Waals surface area contributed by atoms with Crippen LogP contribution in [0.3, 0.4) is 0 Å². The highest BCUT2D eigenvalue weighted by Gasteiger charge is 2.45. The molecule has 2 aromatic carbocycles. The van der Waals surface area contributed by atoms with Gasteiger partial charge in [-0.05, 0) is 48.9 Å². The lowest BCUT2D eigenvalue weighted by Gasteiger charge is -2.10. The molecule has 15 nitrogen and oxygen atoms in total. The van der Waals surface area contributed by atoms with Crippen molar-refractivity contribution in [2.45, 2.75) is 12.5 Å². The van der Waals surface area contributed by atoms with E-state index in [1.807, 2.05) is 12.1 Å². The van der Waals surface area contributed by atoms with E-state index in [1.165, 1.54) is 10.9 Å². The maximum absolute atomic E-state index is 13.6. The van der Waals surface area contributed by atoms with Gasteiger partial charge in [-0.1, -0.05) is 35.8 Å². The van der Waals surface area contributed by atoms with Gasteiger partial charge in [0.05, 0.1) is 39.7 Å². The molecular formula is C41H32N11O4+. The summed E-state index contributed by atoms with van der Waals surface area (Å²) in [5.74, 6) is 9.51. The van der Waals surface area contributed by atoms with Crippen molar-refractivity contribution < 1.29 is 23.7 Å². The van der Waals surface area contributed by atoms with Crippen molar-refractivity contribution in [1.29, 1.82) is 5.26 Å². The van der Waals surface area contributed by atoms with Crippen LogP contribution < -0.4 is 16.0 Å². The molecule has 2 fully saturated rings. The van der Waals surface area contributed by atoms with Crippen molar-refractivity contribution in [3.8, 4) is 41.1 Å². The number of carbonyl (C=O) groups is 4. The van der Waals surface area contributed by atoms with Crippen LogP contribution in [0.25, 0.3) is 33.2 Å². The van der Waals surface area contributed by atoms with Gasteiger partial charge in [-0.3, -0.25) is 24.2 Å². The average molecular weight is 743 g/mol. The molecule has 2 aliphatic rings. The van der Waals surface area contributed by atoms with Crippen LogP contribution in [0.15, 0.2) is 79.3 Å². The molecule has 4 N–H and O–H groups in total. The Morgan fingerprint density at radius 3 is 2.09 bits per heavy atom. The number of nitriles is 1. The molecule has 6 heterocycles. The highest BCUT2D eigenvalue weighted by molar-refractivity contribution is 6.05. The molecule has 2 aliphatic heterocycles. The van der Waals surface area contributed by atoms with E-state index in [4.69, 9.17) is 11.5 Å².